The Morgan fingerprint density at radius 1 is 1.23 bits per heavy atom. The number of hydrogen-bond donors (Lipinski definition) is 2. The molecule has 0 aliphatic rings. The molecule has 2 N–H and O–H groups in total. The number of esters is 1. The maximum Gasteiger partial charge on any atom is 0.325 e. The highest BCUT2D eigenvalue weighted by atomic mass is 19.1. The average Bonchev–Trinajstić information content (AvgIpc) is 2.68. The zero-order valence-corrected chi connectivity index (χ0v) is 17.7. The van der Waals surface area contributed by atoms with Crippen molar-refractivity contribution in [2.45, 2.75) is 39.7 Å². The van der Waals surface area contributed by atoms with Crippen molar-refractivity contribution in [1.29, 1.82) is 0 Å². The van der Waals surface area contributed by atoms with Crippen molar-refractivity contribution < 1.29 is 28.6 Å². The Bertz CT molecular complexity index is 916. The Morgan fingerprint density at radius 2 is 1.93 bits per heavy atom. The molecule has 8 heteroatoms. The molecule has 0 spiro atoms. The van der Waals surface area contributed by atoms with Crippen LogP contribution in [0.1, 0.15) is 48.3 Å². The van der Waals surface area contributed by atoms with E-state index < -0.39 is 30.3 Å². The second kappa shape index (κ2) is 10.0. The molecule has 30 heavy (non-hydrogen) atoms. The molecular weight excluding hydrogens is 391 g/mol. The molecule has 1 amide bonds. The number of ether oxygens (including phenoxy) is 2. The smallest absolute Gasteiger partial charge is 0.325 e. The van der Waals surface area contributed by atoms with Crippen LogP contribution in [0.2, 0.25) is 0 Å². The third-order valence-corrected chi connectivity index (χ3v) is 4.85. The number of amides is 1. The van der Waals surface area contributed by atoms with Crippen molar-refractivity contribution in [3.05, 3.63) is 53.1 Å². The van der Waals surface area contributed by atoms with E-state index in [4.69, 9.17) is 9.47 Å². The maximum atomic E-state index is 13.5. The third-order valence-electron chi connectivity index (χ3n) is 4.85. The Hall–Kier alpha value is -3.16. The second-order valence-corrected chi connectivity index (χ2v) is 7.36. The van der Waals surface area contributed by atoms with Crippen LogP contribution in [0.15, 0.2) is 30.5 Å². The minimum Gasteiger partial charge on any atom is -0.503 e. The van der Waals surface area contributed by atoms with Crippen LogP contribution < -0.4 is 10.1 Å². The first-order valence-electron chi connectivity index (χ1n) is 9.61. The number of hydrogen-bond acceptors (Lipinski definition) is 6. The van der Waals surface area contributed by atoms with Gasteiger partial charge < -0.3 is 19.9 Å². The van der Waals surface area contributed by atoms with Gasteiger partial charge in [0.1, 0.15) is 18.5 Å². The summed E-state index contributed by atoms with van der Waals surface area (Å²) in [4.78, 5) is 28.3. The van der Waals surface area contributed by atoms with Gasteiger partial charge in [0.05, 0.1) is 7.11 Å². The fourth-order valence-electron chi connectivity index (χ4n) is 3.49. The number of nitrogens with zero attached hydrogens (tertiary/aromatic N) is 1. The number of pyridine rings is 1. The van der Waals surface area contributed by atoms with Crippen molar-refractivity contribution in [3.63, 3.8) is 0 Å². The largest absolute Gasteiger partial charge is 0.503 e. The molecule has 162 valence electrons. The van der Waals surface area contributed by atoms with Crippen LogP contribution in [0.25, 0.3) is 0 Å². The first kappa shape index (κ1) is 23.1. The molecule has 1 aromatic heterocycles. The van der Waals surface area contributed by atoms with Crippen molar-refractivity contribution in [2.24, 2.45) is 5.92 Å². The molecule has 0 radical (unpaired) electrons. The topological polar surface area (TPSA) is 97.8 Å². The summed E-state index contributed by atoms with van der Waals surface area (Å²) in [7, 11) is 1.35. The first-order valence-corrected chi connectivity index (χ1v) is 9.61. The van der Waals surface area contributed by atoms with Crippen molar-refractivity contribution >= 4 is 11.9 Å². The predicted molar refractivity (Wildman–Crippen MR) is 109 cm³/mol. The average molecular weight is 418 g/mol. The van der Waals surface area contributed by atoms with Gasteiger partial charge >= 0.3 is 5.97 Å². The van der Waals surface area contributed by atoms with Gasteiger partial charge in [-0.2, -0.15) is 0 Å². The number of methoxy groups -OCH3 is 1. The predicted octanol–water partition coefficient (Wildman–Crippen LogP) is 3.34. The molecule has 0 aliphatic heterocycles. The minimum absolute atomic E-state index is 0.0980. The zero-order chi connectivity index (χ0) is 22.4. The number of carbonyl (C=O) groups is 2. The number of benzene rings is 1. The van der Waals surface area contributed by atoms with Gasteiger partial charge in [-0.05, 0) is 43.0 Å². The normalized spacial score (nSPS) is 12.9. The van der Waals surface area contributed by atoms with E-state index in [9.17, 15) is 19.1 Å². The summed E-state index contributed by atoms with van der Waals surface area (Å²) in [6.07, 6.45) is 0.813. The minimum atomic E-state index is -0.731. The Labute approximate surface area is 175 Å². The fourth-order valence-corrected chi connectivity index (χ4v) is 3.49. The highest BCUT2D eigenvalue weighted by molar-refractivity contribution is 5.97. The zero-order valence-electron chi connectivity index (χ0n) is 17.7. The van der Waals surface area contributed by atoms with E-state index in [0.29, 0.717) is 0 Å². The van der Waals surface area contributed by atoms with Crippen LogP contribution in [0.5, 0.6) is 11.5 Å². The molecule has 2 unspecified atom stereocenters. The summed E-state index contributed by atoms with van der Waals surface area (Å²) >= 11 is 0. The van der Waals surface area contributed by atoms with Gasteiger partial charge in [-0.1, -0.05) is 19.9 Å². The molecule has 0 saturated heterocycles. The lowest BCUT2D eigenvalue weighted by Crippen LogP contribution is -2.34. The third kappa shape index (κ3) is 5.46. The molecule has 0 fully saturated rings. The van der Waals surface area contributed by atoms with E-state index in [-0.39, 0.29) is 29.1 Å². The number of aryl methyl sites for hydroxylation is 1. The molecule has 1 aromatic carbocycles. The highest BCUT2D eigenvalue weighted by Gasteiger charge is 2.27. The number of nitrogens with one attached hydrogen (secondary N) is 1. The van der Waals surface area contributed by atoms with E-state index in [1.54, 1.807) is 13.0 Å². The lowest BCUT2D eigenvalue weighted by atomic mass is 9.82. The first-order chi connectivity index (χ1) is 14.1. The van der Waals surface area contributed by atoms with Crippen molar-refractivity contribution in [2.75, 3.05) is 13.7 Å². The van der Waals surface area contributed by atoms with Gasteiger partial charge in [0.15, 0.2) is 17.2 Å². The SMILES string of the molecule is COc1ccnc(C(=O)NCC(=O)OC(C)C(c2ccc(F)cc2C)C(C)C)c1O. The number of halogens is 1. The summed E-state index contributed by atoms with van der Waals surface area (Å²) in [6.45, 7) is 7.18. The molecule has 7 nitrogen and oxygen atoms in total. The summed E-state index contributed by atoms with van der Waals surface area (Å²) in [5.74, 6) is -2.01. The molecule has 1 heterocycles. The number of carbonyl (C=O) groups excluding carboxylic acids is 2. The van der Waals surface area contributed by atoms with Gasteiger partial charge in [-0.25, -0.2) is 9.37 Å². The van der Waals surface area contributed by atoms with Crippen LogP contribution >= 0.6 is 0 Å². The lowest BCUT2D eigenvalue weighted by Gasteiger charge is -2.29. The van der Waals surface area contributed by atoms with Crippen molar-refractivity contribution in [3.8, 4) is 11.5 Å². The molecule has 2 aromatic rings. The standard InChI is InChI=1S/C22H27FN2O5/c1-12(2)19(16-7-6-15(23)10-13(16)3)14(4)30-18(26)11-25-22(28)20-21(27)17(29-5)8-9-24-20/h6-10,12,14,19,27H,11H2,1-5H3,(H,25,28). The Morgan fingerprint density at radius 3 is 2.53 bits per heavy atom. The monoisotopic (exact) mass is 418 g/mol. The molecule has 0 saturated carbocycles. The second-order valence-electron chi connectivity index (χ2n) is 7.36. The van der Waals surface area contributed by atoms with Gasteiger partial charge in [0.25, 0.3) is 5.91 Å². The maximum absolute atomic E-state index is 13.5. The summed E-state index contributed by atoms with van der Waals surface area (Å²) in [5.41, 5.74) is 1.43. The van der Waals surface area contributed by atoms with E-state index in [1.807, 2.05) is 20.8 Å². The Kier molecular flexibility index (Phi) is 7.74. The molecule has 2 atom stereocenters. The van der Waals surface area contributed by atoms with E-state index in [0.717, 1.165) is 11.1 Å². The van der Waals surface area contributed by atoms with Crippen LogP contribution in [-0.2, 0) is 9.53 Å². The van der Waals surface area contributed by atoms with Gasteiger partial charge in [-0.15, -0.1) is 0 Å². The molecular formula is C22H27FN2O5. The quantitative estimate of drug-likeness (QED) is 0.638. The van der Waals surface area contributed by atoms with Crippen LogP contribution in [0, 0.1) is 18.7 Å². The Balaban J connectivity index is 2.03. The molecule has 0 bridgehead atoms. The fraction of sp³-hybridized carbons (Fsp3) is 0.409. The molecule has 0 aliphatic carbocycles. The van der Waals surface area contributed by atoms with Crippen LogP contribution in [0.3, 0.4) is 0 Å². The van der Waals surface area contributed by atoms with Gasteiger partial charge in [0.2, 0.25) is 0 Å². The number of aromatic hydroxyl groups is 1. The highest BCUT2D eigenvalue weighted by Crippen LogP contribution is 2.32. The van der Waals surface area contributed by atoms with E-state index >= 15 is 0 Å². The van der Waals surface area contributed by atoms with E-state index in [2.05, 4.69) is 10.3 Å². The van der Waals surface area contributed by atoms with Crippen molar-refractivity contribution in [1.82, 2.24) is 10.3 Å². The summed E-state index contributed by atoms with van der Waals surface area (Å²) < 4.78 is 23.9. The summed E-state index contributed by atoms with van der Waals surface area (Å²) in [5, 5.41) is 12.4. The lowest BCUT2D eigenvalue weighted by molar-refractivity contribution is -0.148. The van der Waals surface area contributed by atoms with Gasteiger partial charge in [0, 0.05) is 18.2 Å². The van der Waals surface area contributed by atoms with E-state index in [1.165, 1.54) is 31.5 Å². The number of aromatic nitrogens is 1. The summed E-state index contributed by atoms with van der Waals surface area (Å²) in [6, 6.07) is 5.96. The van der Waals surface area contributed by atoms with Gasteiger partial charge in [-0.3, -0.25) is 9.59 Å². The van der Waals surface area contributed by atoms with Crippen LogP contribution in [0.4, 0.5) is 4.39 Å². The van der Waals surface area contributed by atoms with Crippen LogP contribution in [-0.4, -0.2) is 41.7 Å². The number of rotatable bonds is 8. The molecule has 2 rings (SSSR count).